The van der Waals surface area contributed by atoms with E-state index in [1.165, 1.54) is 16.7 Å². The summed E-state index contributed by atoms with van der Waals surface area (Å²) in [6, 6.07) is 68.3. The molecule has 0 fully saturated rings. The van der Waals surface area contributed by atoms with Crippen LogP contribution in [0.1, 0.15) is 22.6 Å². The molecule has 0 unspecified atom stereocenters. The van der Waals surface area contributed by atoms with Gasteiger partial charge in [-0.25, -0.2) is 0 Å². The van der Waals surface area contributed by atoms with Crippen LogP contribution in [0, 0.1) is 0 Å². The average Bonchev–Trinajstić information content (AvgIpc) is 4.07. The van der Waals surface area contributed by atoms with Gasteiger partial charge in [-0.2, -0.15) is 0 Å². The predicted molar refractivity (Wildman–Crippen MR) is 244 cm³/mol. The van der Waals surface area contributed by atoms with Crippen molar-refractivity contribution < 1.29 is 17.7 Å². The first-order valence-electron chi connectivity index (χ1n) is 20.3. The number of furan rings is 4. The Morgan fingerprint density at radius 3 is 0.950 bits per heavy atom. The van der Waals surface area contributed by atoms with Crippen LogP contribution in [-0.2, 0) is 0 Å². The highest BCUT2D eigenvalue weighted by atomic mass is 16.3. The third kappa shape index (κ3) is 5.06. The quantitative estimate of drug-likeness (QED) is 0.158. The number of hydrogen-bond acceptors (Lipinski definition) is 5. The molecule has 0 aliphatic heterocycles. The Hall–Kier alpha value is -8.02. The second-order valence-corrected chi connectivity index (χ2v) is 15.6. The van der Waals surface area contributed by atoms with Crippen molar-refractivity contribution in [2.75, 3.05) is 4.90 Å². The molecule has 13 rings (SSSR count). The van der Waals surface area contributed by atoms with Gasteiger partial charge in [-0.3, -0.25) is 0 Å². The molecule has 13 aromatic rings. The lowest BCUT2D eigenvalue weighted by Crippen LogP contribution is -2.10. The Morgan fingerprint density at radius 1 is 0.250 bits per heavy atom. The standard InChI is InChI=1S/C55H33NO4/c1-5-13-47-39(9-1)43-29-34(19-25-51(43)57-47)55(35-20-26-52-44(30-35)40-10-2-6-14-48(40)58-52)33-17-21-36(22-18-33)56(37-23-27-53-45(31-37)41-11-3-7-15-49(41)59-53)38-24-28-54-46(32-38)42-12-4-8-16-50(42)60-54/h1-32,55H. The van der Waals surface area contributed by atoms with Gasteiger partial charge in [-0.15, -0.1) is 0 Å². The zero-order chi connectivity index (χ0) is 39.3. The molecule has 282 valence electrons. The van der Waals surface area contributed by atoms with Crippen molar-refractivity contribution in [2.24, 2.45) is 0 Å². The van der Waals surface area contributed by atoms with Crippen LogP contribution in [0.3, 0.4) is 0 Å². The van der Waals surface area contributed by atoms with Crippen LogP contribution < -0.4 is 4.90 Å². The van der Waals surface area contributed by atoms with Gasteiger partial charge in [-0.1, -0.05) is 97.1 Å². The highest BCUT2D eigenvalue weighted by Crippen LogP contribution is 2.44. The second kappa shape index (κ2) is 12.7. The molecule has 0 radical (unpaired) electrons. The minimum absolute atomic E-state index is 0.0779. The van der Waals surface area contributed by atoms with E-state index in [0.29, 0.717) is 0 Å². The van der Waals surface area contributed by atoms with Crippen LogP contribution in [0.25, 0.3) is 87.8 Å². The lowest BCUT2D eigenvalue weighted by molar-refractivity contribution is 0.668. The van der Waals surface area contributed by atoms with Gasteiger partial charge in [0.25, 0.3) is 0 Å². The van der Waals surface area contributed by atoms with E-state index >= 15 is 0 Å². The van der Waals surface area contributed by atoms with Crippen molar-refractivity contribution in [3.8, 4) is 0 Å². The first-order chi connectivity index (χ1) is 29.7. The molecule has 0 aliphatic rings. The third-order valence-corrected chi connectivity index (χ3v) is 12.2. The average molecular weight is 772 g/mol. The van der Waals surface area contributed by atoms with Gasteiger partial charge in [0.05, 0.1) is 0 Å². The van der Waals surface area contributed by atoms with E-state index in [2.05, 4.69) is 150 Å². The molecule has 4 aromatic heterocycles. The molecule has 0 saturated carbocycles. The lowest BCUT2D eigenvalue weighted by Gasteiger charge is -2.27. The highest BCUT2D eigenvalue weighted by molar-refractivity contribution is 6.09. The summed E-state index contributed by atoms with van der Waals surface area (Å²) in [4.78, 5) is 2.33. The first kappa shape index (κ1) is 33.0. The number of para-hydroxylation sites is 4. The number of fused-ring (bicyclic) bond motifs is 12. The Balaban J connectivity index is 0.996. The van der Waals surface area contributed by atoms with E-state index in [1.54, 1.807) is 0 Å². The molecule has 0 bridgehead atoms. The molecule has 0 N–H and O–H groups in total. The molecule has 0 amide bonds. The first-order valence-corrected chi connectivity index (χ1v) is 20.3. The van der Waals surface area contributed by atoms with Crippen molar-refractivity contribution in [1.29, 1.82) is 0 Å². The summed E-state index contributed by atoms with van der Waals surface area (Å²) in [5, 5.41) is 8.76. The van der Waals surface area contributed by atoms with E-state index < -0.39 is 0 Å². The van der Waals surface area contributed by atoms with Gasteiger partial charge >= 0.3 is 0 Å². The fraction of sp³-hybridized carbons (Fsp3) is 0.0182. The Bertz CT molecular complexity index is 3330. The molecule has 0 atom stereocenters. The number of hydrogen-bond donors (Lipinski definition) is 0. The largest absolute Gasteiger partial charge is 0.456 e. The Labute approximate surface area is 342 Å². The number of rotatable bonds is 6. The minimum atomic E-state index is -0.0779. The monoisotopic (exact) mass is 771 g/mol. The summed E-state index contributed by atoms with van der Waals surface area (Å²) < 4.78 is 25.1. The van der Waals surface area contributed by atoms with E-state index in [-0.39, 0.29) is 5.92 Å². The third-order valence-electron chi connectivity index (χ3n) is 12.2. The number of nitrogens with zero attached hydrogens (tertiary/aromatic N) is 1. The van der Waals surface area contributed by atoms with E-state index in [1.807, 2.05) is 48.5 Å². The molecule has 4 heterocycles. The van der Waals surface area contributed by atoms with Gasteiger partial charge < -0.3 is 22.6 Å². The molecular weight excluding hydrogens is 739 g/mol. The normalized spacial score (nSPS) is 12.2. The SMILES string of the molecule is c1ccc2c(c1)oc1ccc(C(c3ccc(N(c4ccc5oc6ccccc6c5c4)c4ccc5oc6ccccc6c5c4)cc3)c3ccc4oc5ccccc5c4c3)cc12. The summed E-state index contributed by atoms with van der Waals surface area (Å²) in [6.07, 6.45) is 0. The maximum absolute atomic E-state index is 6.28. The fourth-order valence-electron chi connectivity index (χ4n) is 9.39. The van der Waals surface area contributed by atoms with Crippen molar-refractivity contribution in [3.63, 3.8) is 0 Å². The van der Waals surface area contributed by atoms with Crippen molar-refractivity contribution >= 4 is 105 Å². The lowest BCUT2D eigenvalue weighted by atomic mass is 9.84. The summed E-state index contributed by atoms with van der Waals surface area (Å²) in [6.45, 7) is 0. The van der Waals surface area contributed by atoms with Crippen LogP contribution in [-0.4, -0.2) is 0 Å². The highest BCUT2D eigenvalue weighted by Gasteiger charge is 2.23. The van der Waals surface area contributed by atoms with Gasteiger partial charge in [0, 0.05) is 66.1 Å². The zero-order valence-electron chi connectivity index (χ0n) is 32.1. The van der Waals surface area contributed by atoms with Crippen molar-refractivity contribution in [1.82, 2.24) is 0 Å². The maximum Gasteiger partial charge on any atom is 0.135 e. The summed E-state index contributed by atoms with van der Waals surface area (Å²) in [5.74, 6) is -0.0779. The van der Waals surface area contributed by atoms with Crippen LogP contribution in [0.2, 0.25) is 0 Å². The van der Waals surface area contributed by atoms with E-state index in [0.717, 1.165) is 105 Å². The van der Waals surface area contributed by atoms with Crippen LogP contribution in [0.15, 0.2) is 212 Å². The summed E-state index contributed by atoms with van der Waals surface area (Å²) >= 11 is 0. The van der Waals surface area contributed by atoms with Crippen LogP contribution >= 0.6 is 0 Å². The molecule has 60 heavy (non-hydrogen) atoms. The zero-order valence-corrected chi connectivity index (χ0v) is 32.1. The summed E-state index contributed by atoms with van der Waals surface area (Å²) in [5.41, 5.74) is 13.6. The van der Waals surface area contributed by atoms with Crippen molar-refractivity contribution in [3.05, 3.63) is 211 Å². The van der Waals surface area contributed by atoms with Crippen LogP contribution in [0.5, 0.6) is 0 Å². The Morgan fingerprint density at radius 2 is 0.550 bits per heavy atom. The Kier molecular flexibility index (Phi) is 7.01. The van der Waals surface area contributed by atoms with Crippen molar-refractivity contribution in [2.45, 2.75) is 5.92 Å². The predicted octanol–water partition coefficient (Wildman–Crippen LogP) is 15.9. The molecule has 0 spiro atoms. The smallest absolute Gasteiger partial charge is 0.135 e. The minimum Gasteiger partial charge on any atom is -0.456 e. The van der Waals surface area contributed by atoms with E-state index in [4.69, 9.17) is 17.7 Å². The van der Waals surface area contributed by atoms with Gasteiger partial charge in [0.1, 0.15) is 44.7 Å². The topological polar surface area (TPSA) is 55.8 Å². The van der Waals surface area contributed by atoms with Gasteiger partial charge in [-0.05, 0) is 114 Å². The number of benzene rings is 9. The molecule has 0 saturated heterocycles. The van der Waals surface area contributed by atoms with E-state index in [9.17, 15) is 0 Å². The van der Waals surface area contributed by atoms with Gasteiger partial charge in [0.15, 0.2) is 0 Å². The molecule has 5 nitrogen and oxygen atoms in total. The molecule has 5 heteroatoms. The molecule has 0 aliphatic carbocycles. The number of anilines is 3. The van der Waals surface area contributed by atoms with Crippen LogP contribution in [0.4, 0.5) is 17.1 Å². The molecular formula is C55H33NO4. The fourth-order valence-corrected chi connectivity index (χ4v) is 9.39. The maximum atomic E-state index is 6.28. The second-order valence-electron chi connectivity index (χ2n) is 15.6. The molecule has 9 aromatic carbocycles. The summed E-state index contributed by atoms with van der Waals surface area (Å²) in [7, 11) is 0. The van der Waals surface area contributed by atoms with Gasteiger partial charge in [0.2, 0.25) is 0 Å².